The van der Waals surface area contributed by atoms with Gasteiger partial charge in [0.15, 0.2) is 5.96 Å². The van der Waals surface area contributed by atoms with Crippen LogP contribution in [0.3, 0.4) is 0 Å². The quantitative estimate of drug-likeness (QED) is 0.633. The van der Waals surface area contributed by atoms with Crippen molar-refractivity contribution in [1.29, 1.82) is 0 Å². The molecule has 0 amide bonds. The van der Waals surface area contributed by atoms with Gasteiger partial charge in [-0.05, 0) is 30.6 Å². The fraction of sp³-hybridized carbons (Fsp3) is 0.944. The van der Waals surface area contributed by atoms with Crippen molar-refractivity contribution in [3.05, 3.63) is 0 Å². The van der Waals surface area contributed by atoms with Crippen molar-refractivity contribution in [3.63, 3.8) is 0 Å². The second kappa shape index (κ2) is 7.39. The van der Waals surface area contributed by atoms with Crippen molar-refractivity contribution in [2.75, 3.05) is 53.0 Å². The molecule has 0 radical (unpaired) electrons. The van der Waals surface area contributed by atoms with Gasteiger partial charge >= 0.3 is 0 Å². The number of rotatable bonds is 4. The normalized spacial score (nSPS) is 26.6. The van der Waals surface area contributed by atoms with Gasteiger partial charge in [0.2, 0.25) is 0 Å². The van der Waals surface area contributed by atoms with Crippen LogP contribution in [-0.4, -0.2) is 74.8 Å². The Balaban J connectivity index is 1.53. The molecule has 3 rings (SSSR count). The minimum atomic E-state index is 0.552. The minimum absolute atomic E-state index is 0.552. The van der Waals surface area contributed by atoms with Gasteiger partial charge in [-0.25, -0.2) is 0 Å². The fourth-order valence-electron chi connectivity index (χ4n) is 4.42. The molecule has 1 aliphatic carbocycles. The van der Waals surface area contributed by atoms with E-state index in [0.29, 0.717) is 17.4 Å². The van der Waals surface area contributed by atoms with E-state index in [4.69, 9.17) is 4.74 Å². The van der Waals surface area contributed by atoms with E-state index in [-0.39, 0.29) is 0 Å². The molecule has 5 heteroatoms. The third-order valence-corrected chi connectivity index (χ3v) is 6.12. The topological polar surface area (TPSA) is 40.1 Å². The van der Waals surface area contributed by atoms with E-state index in [2.05, 4.69) is 34.0 Å². The lowest BCUT2D eigenvalue weighted by Crippen LogP contribution is -2.53. The number of nitrogens with zero attached hydrogens (tertiary/aromatic N) is 3. The first-order valence-corrected chi connectivity index (χ1v) is 9.41. The number of nitrogens with one attached hydrogen (secondary N) is 1. The Labute approximate surface area is 141 Å². The number of aliphatic imine (C=N–C) groups is 1. The highest BCUT2D eigenvalue weighted by Crippen LogP contribution is 2.47. The number of morpholine rings is 1. The van der Waals surface area contributed by atoms with Crippen LogP contribution < -0.4 is 5.32 Å². The van der Waals surface area contributed by atoms with Crippen molar-refractivity contribution in [1.82, 2.24) is 15.1 Å². The van der Waals surface area contributed by atoms with E-state index in [9.17, 15) is 0 Å². The monoisotopic (exact) mass is 322 g/mol. The van der Waals surface area contributed by atoms with Crippen LogP contribution in [0.15, 0.2) is 4.99 Å². The molecule has 1 atom stereocenters. The number of hydrogen-bond acceptors (Lipinski definition) is 3. The molecule has 0 aromatic heterocycles. The average molecular weight is 322 g/mol. The smallest absolute Gasteiger partial charge is 0.193 e. The molecule has 1 saturated carbocycles. The Morgan fingerprint density at radius 3 is 2.43 bits per heavy atom. The maximum Gasteiger partial charge on any atom is 0.193 e. The zero-order chi connectivity index (χ0) is 16.3. The van der Waals surface area contributed by atoms with Crippen LogP contribution in [0.4, 0.5) is 0 Å². The summed E-state index contributed by atoms with van der Waals surface area (Å²) in [6.07, 6.45) is 5.61. The maximum atomic E-state index is 5.51. The standard InChI is InChI=1S/C18H34N4O/c1-15(2)16(21-9-11-23-12-10-21)13-20-17(19-3)22-8-7-18(14-22)5-4-6-18/h15-16H,4-14H2,1-3H3,(H,19,20). The van der Waals surface area contributed by atoms with Crippen LogP contribution in [0, 0.1) is 11.3 Å². The summed E-state index contributed by atoms with van der Waals surface area (Å²) < 4.78 is 5.51. The van der Waals surface area contributed by atoms with Gasteiger partial charge in [0.1, 0.15) is 0 Å². The Morgan fingerprint density at radius 1 is 1.17 bits per heavy atom. The Hall–Kier alpha value is -0.810. The number of likely N-dealkylation sites (tertiary alicyclic amines) is 1. The van der Waals surface area contributed by atoms with Gasteiger partial charge in [0, 0.05) is 45.8 Å². The first-order valence-electron chi connectivity index (χ1n) is 9.41. The second-order valence-corrected chi connectivity index (χ2v) is 7.91. The first-order chi connectivity index (χ1) is 11.1. The van der Waals surface area contributed by atoms with Crippen LogP contribution >= 0.6 is 0 Å². The van der Waals surface area contributed by atoms with E-state index in [1.165, 1.54) is 38.8 Å². The molecule has 0 aromatic carbocycles. The predicted octanol–water partition coefficient (Wildman–Crippen LogP) is 1.79. The molecule has 23 heavy (non-hydrogen) atoms. The van der Waals surface area contributed by atoms with Crippen molar-refractivity contribution >= 4 is 5.96 Å². The molecule has 2 saturated heterocycles. The van der Waals surface area contributed by atoms with Crippen LogP contribution in [0.1, 0.15) is 39.5 Å². The molecule has 0 aromatic rings. The summed E-state index contributed by atoms with van der Waals surface area (Å²) >= 11 is 0. The van der Waals surface area contributed by atoms with E-state index >= 15 is 0 Å². The van der Waals surface area contributed by atoms with Crippen LogP contribution in [0.2, 0.25) is 0 Å². The van der Waals surface area contributed by atoms with Gasteiger partial charge in [0.25, 0.3) is 0 Å². The number of guanidine groups is 1. The van der Waals surface area contributed by atoms with Gasteiger partial charge in [-0.15, -0.1) is 0 Å². The molecule has 2 heterocycles. The lowest BCUT2D eigenvalue weighted by molar-refractivity contribution is 0.00740. The SMILES string of the molecule is CN=C(NCC(C(C)C)N1CCOCC1)N1CCC2(CCC2)C1. The number of ether oxygens (including phenoxy) is 1. The highest BCUT2D eigenvalue weighted by atomic mass is 16.5. The van der Waals surface area contributed by atoms with Crippen molar-refractivity contribution in [2.45, 2.75) is 45.6 Å². The maximum absolute atomic E-state index is 5.51. The summed E-state index contributed by atoms with van der Waals surface area (Å²) in [4.78, 5) is 9.62. The molecule has 132 valence electrons. The fourth-order valence-corrected chi connectivity index (χ4v) is 4.42. The molecule has 2 aliphatic heterocycles. The third kappa shape index (κ3) is 3.82. The van der Waals surface area contributed by atoms with Crippen LogP contribution in [0.25, 0.3) is 0 Å². The highest BCUT2D eigenvalue weighted by molar-refractivity contribution is 5.80. The van der Waals surface area contributed by atoms with Gasteiger partial charge in [-0.3, -0.25) is 9.89 Å². The Bertz CT molecular complexity index is 413. The Kier molecular flexibility index (Phi) is 5.47. The summed E-state index contributed by atoms with van der Waals surface area (Å²) in [5.41, 5.74) is 0.624. The van der Waals surface area contributed by atoms with E-state index in [1.807, 2.05) is 7.05 Å². The molecule has 1 N–H and O–H groups in total. The van der Waals surface area contributed by atoms with E-state index in [0.717, 1.165) is 38.8 Å². The van der Waals surface area contributed by atoms with Crippen molar-refractivity contribution in [3.8, 4) is 0 Å². The summed E-state index contributed by atoms with van der Waals surface area (Å²) in [6, 6.07) is 0.552. The van der Waals surface area contributed by atoms with Gasteiger partial charge < -0.3 is 15.0 Å². The summed E-state index contributed by atoms with van der Waals surface area (Å²) in [5, 5.41) is 3.67. The summed E-state index contributed by atoms with van der Waals surface area (Å²) in [5.74, 6) is 1.74. The molecule has 0 bridgehead atoms. The Morgan fingerprint density at radius 2 is 1.91 bits per heavy atom. The molecular weight excluding hydrogens is 288 g/mol. The predicted molar refractivity (Wildman–Crippen MR) is 94.9 cm³/mol. The number of hydrogen-bond donors (Lipinski definition) is 1. The molecular formula is C18H34N4O. The molecule has 1 unspecified atom stereocenters. The van der Waals surface area contributed by atoms with Gasteiger partial charge in [-0.1, -0.05) is 20.3 Å². The highest BCUT2D eigenvalue weighted by Gasteiger charge is 2.43. The van der Waals surface area contributed by atoms with Crippen molar-refractivity contribution < 1.29 is 4.74 Å². The molecule has 1 spiro atoms. The zero-order valence-electron chi connectivity index (χ0n) is 15.2. The van der Waals surface area contributed by atoms with Gasteiger partial charge in [-0.2, -0.15) is 0 Å². The van der Waals surface area contributed by atoms with E-state index in [1.54, 1.807) is 0 Å². The van der Waals surface area contributed by atoms with E-state index < -0.39 is 0 Å². The molecule has 5 nitrogen and oxygen atoms in total. The van der Waals surface area contributed by atoms with Crippen LogP contribution in [-0.2, 0) is 4.74 Å². The lowest BCUT2D eigenvalue weighted by Gasteiger charge is -2.39. The lowest BCUT2D eigenvalue weighted by atomic mass is 9.68. The van der Waals surface area contributed by atoms with Crippen LogP contribution in [0.5, 0.6) is 0 Å². The molecule has 3 aliphatic rings. The third-order valence-electron chi connectivity index (χ3n) is 6.12. The minimum Gasteiger partial charge on any atom is -0.379 e. The zero-order valence-corrected chi connectivity index (χ0v) is 15.2. The van der Waals surface area contributed by atoms with Crippen molar-refractivity contribution in [2.24, 2.45) is 16.3 Å². The summed E-state index contributed by atoms with van der Waals surface area (Å²) in [7, 11) is 1.92. The first kappa shape index (κ1) is 17.0. The largest absolute Gasteiger partial charge is 0.379 e. The molecule has 3 fully saturated rings. The summed E-state index contributed by atoms with van der Waals surface area (Å²) in [6.45, 7) is 11.8. The average Bonchev–Trinajstić information content (AvgIpc) is 2.98. The van der Waals surface area contributed by atoms with Gasteiger partial charge in [0.05, 0.1) is 13.2 Å². The second-order valence-electron chi connectivity index (χ2n) is 7.91.